The maximum Gasteiger partial charge on any atom is 0.416 e. The molecule has 0 radical (unpaired) electrons. The summed E-state index contributed by atoms with van der Waals surface area (Å²) in [5, 5.41) is 5.19. The van der Waals surface area contributed by atoms with Crippen molar-refractivity contribution in [3.63, 3.8) is 0 Å². The minimum atomic E-state index is -4.47. The second-order valence-corrected chi connectivity index (χ2v) is 8.85. The number of rotatable bonds is 4. The van der Waals surface area contributed by atoms with Crippen molar-refractivity contribution in [2.45, 2.75) is 44.7 Å². The van der Waals surface area contributed by atoms with Gasteiger partial charge in [-0.15, -0.1) is 11.3 Å². The minimum Gasteiger partial charge on any atom is -0.463 e. The summed E-state index contributed by atoms with van der Waals surface area (Å²) in [4.78, 5) is 27.3. The van der Waals surface area contributed by atoms with E-state index in [0.717, 1.165) is 22.7 Å². The number of hydrogen-bond donors (Lipinski definition) is 1. The van der Waals surface area contributed by atoms with E-state index >= 15 is 0 Å². The Labute approximate surface area is 187 Å². The smallest absolute Gasteiger partial charge is 0.416 e. The Hall–Kier alpha value is -2.87. The third-order valence-electron chi connectivity index (χ3n) is 5.84. The Morgan fingerprint density at radius 2 is 1.91 bits per heavy atom. The van der Waals surface area contributed by atoms with E-state index in [9.17, 15) is 22.8 Å². The molecule has 0 fully saturated rings. The molecular weight excluding hydrogens is 439 g/mol. The van der Waals surface area contributed by atoms with Crippen LogP contribution < -0.4 is 5.32 Å². The zero-order valence-electron chi connectivity index (χ0n) is 17.6. The molecule has 168 valence electrons. The lowest BCUT2D eigenvalue weighted by Crippen LogP contribution is -2.36. The average molecular weight is 462 g/mol. The van der Waals surface area contributed by atoms with Gasteiger partial charge in [-0.1, -0.05) is 18.2 Å². The topological polar surface area (TPSA) is 55.4 Å². The fraction of sp³-hybridized carbons (Fsp3) is 0.333. The molecule has 1 aliphatic carbocycles. The largest absolute Gasteiger partial charge is 0.463 e. The molecule has 2 aromatic rings. The van der Waals surface area contributed by atoms with Gasteiger partial charge in [0.15, 0.2) is 5.78 Å². The van der Waals surface area contributed by atoms with Crippen molar-refractivity contribution in [1.82, 2.24) is 5.32 Å². The number of thiophene rings is 1. The molecule has 32 heavy (non-hydrogen) atoms. The number of carbonyl (C=O) groups excluding carboxylic acids is 2. The van der Waals surface area contributed by atoms with E-state index in [-0.39, 0.29) is 30.3 Å². The molecule has 8 heteroatoms. The van der Waals surface area contributed by atoms with Gasteiger partial charge in [0, 0.05) is 40.1 Å². The van der Waals surface area contributed by atoms with E-state index in [4.69, 9.17) is 4.74 Å². The first-order valence-corrected chi connectivity index (χ1v) is 11.2. The number of ketones is 1. The van der Waals surface area contributed by atoms with Gasteiger partial charge >= 0.3 is 12.1 Å². The van der Waals surface area contributed by atoms with E-state index in [1.807, 2.05) is 17.5 Å². The van der Waals surface area contributed by atoms with Crippen LogP contribution >= 0.6 is 11.3 Å². The monoisotopic (exact) mass is 461 g/mol. The Morgan fingerprint density at radius 3 is 2.50 bits per heavy atom. The second kappa shape index (κ2) is 8.58. The number of carbonyl (C=O) groups is 2. The van der Waals surface area contributed by atoms with Crippen LogP contribution in [0.3, 0.4) is 0 Å². The zero-order valence-corrected chi connectivity index (χ0v) is 18.4. The quantitative estimate of drug-likeness (QED) is 0.595. The average Bonchev–Trinajstić information content (AvgIpc) is 3.27. The van der Waals surface area contributed by atoms with Gasteiger partial charge in [0.2, 0.25) is 0 Å². The molecule has 0 spiro atoms. The molecule has 1 aromatic carbocycles. The third-order valence-corrected chi connectivity index (χ3v) is 6.87. The number of ether oxygens (including phenoxy) is 1. The van der Waals surface area contributed by atoms with Crippen LogP contribution in [-0.4, -0.2) is 18.4 Å². The Bertz CT molecular complexity index is 1100. The number of hydrogen-bond acceptors (Lipinski definition) is 5. The van der Waals surface area contributed by atoms with E-state index < -0.39 is 23.6 Å². The van der Waals surface area contributed by atoms with Crippen LogP contribution in [0, 0.1) is 0 Å². The summed E-state index contributed by atoms with van der Waals surface area (Å²) in [6, 6.07) is 8.59. The Kier molecular flexibility index (Phi) is 5.99. The highest BCUT2D eigenvalue weighted by Crippen LogP contribution is 2.46. The first-order valence-electron chi connectivity index (χ1n) is 10.3. The van der Waals surface area contributed by atoms with Crippen molar-refractivity contribution in [2.75, 3.05) is 6.61 Å². The molecular formula is C24H22F3NO3S. The molecule has 4 rings (SSSR count). The van der Waals surface area contributed by atoms with Crippen LogP contribution in [0.5, 0.6) is 0 Å². The van der Waals surface area contributed by atoms with Crippen molar-refractivity contribution < 1.29 is 27.5 Å². The molecule has 2 aliphatic rings. The number of allylic oxidation sites excluding steroid dienone is 3. The van der Waals surface area contributed by atoms with Crippen molar-refractivity contribution in [2.24, 2.45) is 0 Å². The molecule has 1 aliphatic heterocycles. The zero-order chi connectivity index (χ0) is 23.0. The SMILES string of the molecule is CCOC(=O)C1=C(C)NC2=C(C(=O)C[C@H](c3cccs3)C2)[C@H]1c1ccc(C(F)(F)F)cc1. The fourth-order valence-corrected chi connectivity index (χ4v) is 5.27. The second-order valence-electron chi connectivity index (χ2n) is 7.87. The summed E-state index contributed by atoms with van der Waals surface area (Å²) in [5.41, 5.74) is 1.63. The first-order chi connectivity index (χ1) is 15.2. The number of alkyl halides is 3. The van der Waals surface area contributed by atoms with E-state index in [1.54, 1.807) is 25.2 Å². The van der Waals surface area contributed by atoms with Crippen LogP contribution in [0.1, 0.15) is 54.5 Å². The highest BCUT2D eigenvalue weighted by atomic mass is 32.1. The standard InChI is InChI=1S/C24H22F3NO3S/c1-3-31-23(30)20-13(2)28-17-11-15(19-5-4-10-32-19)12-18(29)22(17)21(20)14-6-8-16(9-7-14)24(25,26)27/h4-10,15,21,28H,3,11-12H2,1-2H3/t15-,21+/m1/s1. The van der Waals surface area contributed by atoms with Crippen LogP contribution in [0.2, 0.25) is 0 Å². The van der Waals surface area contributed by atoms with Gasteiger partial charge in [-0.3, -0.25) is 4.79 Å². The Balaban J connectivity index is 1.80. The third kappa shape index (κ3) is 4.11. The molecule has 1 N–H and O–H groups in total. The molecule has 0 unspecified atom stereocenters. The first kappa shape index (κ1) is 22.3. The predicted molar refractivity (Wildman–Crippen MR) is 115 cm³/mol. The molecule has 2 atom stereocenters. The molecule has 1 aromatic heterocycles. The summed E-state index contributed by atoms with van der Waals surface area (Å²) < 4.78 is 44.5. The lowest BCUT2D eigenvalue weighted by atomic mass is 9.72. The van der Waals surface area contributed by atoms with E-state index in [0.29, 0.717) is 23.3 Å². The summed E-state index contributed by atoms with van der Waals surface area (Å²) in [6.45, 7) is 3.56. The van der Waals surface area contributed by atoms with E-state index in [2.05, 4.69) is 5.32 Å². The summed E-state index contributed by atoms with van der Waals surface area (Å²) in [7, 11) is 0. The van der Waals surface area contributed by atoms with Crippen molar-refractivity contribution in [3.8, 4) is 0 Å². The van der Waals surface area contributed by atoms with Gasteiger partial charge < -0.3 is 10.1 Å². The van der Waals surface area contributed by atoms with Gasteiger partial charge in [-0.25, -0.2) is 4.79 Å². The fourth-order valence-electron chi connectivity index (χ4n) is 4.44. The molecule has 4 nitrogen and oxygen atoms in total. The lowest BCUT2D eigenvalue weighted by Gasteiger charge is -2.36. The lowest BCUT2D eigenvalue weighted by molar-refractivity contribution is -0.139. The normalized spacial score (nSPS) is 21.3. The molecule has 0 bridgehead atoms. The summed E-state index contributed by atoms with van der Waals surface area (Å²) in [6.07, 6.45) is -3.60. The highest BCUT2D eigenvalue weighted by Gasteiger charge is 2.42. The molecule has 2 heterocycles. The van der Waals surface area contributed by atoms with Crippen LogP contribution in [0.4, 0.5) is 13.2 Å². The van der Waals surface area contributed by atoms with Crippen LogP contribution in [0.15, 0.2) is 64.3 Å². The number of nitrogens with one attached hydrogen (secondary N) is 1. The maximum absolute atomic E-state index is 13.3. The van der Waals surface area contributed by atoms with Gasteiger partial charge in [0.1, 0.15) is 0 Å². The number of benzene rings is 1. The maximum atomic E-state index is 13.3. The number of esters is 1. The number of dihydropyridines is 1. The van der Waals surface area contributed by atoms with Gasteiger partial charge in [-0.2, -0.15) is 13.2 Å². The highest BCUT2D eigenvalue weighted by molar-refractivity contribution is 7.10. The van der Waals surface area contributed by atoms with Crippen molar-refractivity contribution in [1.29, 1.82) is 0 Å². The molecule has 0 saturated carbocycles. The van der Waals surface area contributed by atoms with E-state index in [1.165, 1.54) is 12.1 Å². The van der Waals surface area contributed by atoms with Crippen molar-refractivity contribution >= 4 is 23.1 Å². The minimum absolute atomic E-state index is 0.0268. The predicted octanol–water partition coefficient (Wildman–Crippen LogP) is 5.69. The van der Waals surface area contributed by atoms with Gasteiger partial charge in [-0.05, 0) is 49.4 Å². The van der Waals surface area contributed by atoms with Gasteiger partial charge in [0.05, 0.1) is 17.7 Å². The van der Waals surface area contributed by atoms with Crippen molar-refractivity contribution in [3.05, 3.63) is 80.3 Å². The van der Waals surface area contributed by atoms with Gasteiger partial charge in [0.25, 0.3) is 0 Å². The van der Waals surface area contributed by atoms with Crippen LogP contribution in [-0.2, 0) is 20.5 Å². The number of Topliss-reactive ketones (excluding diaryl/α,β-unsaturated/α-hetero) is 1. The summed E-state index contributed by atoms with van der Waals surface area (Å²) >= 11 is 1.59. The van der Waals surface area contributed by atoms with Crippen LogP contribution in [0.25, 0.3) is 0 Å². The molecule has 0 saturated heterocycles. The molecule has 0 amide bonds. The Morgan fingerprint density at radius 1 is 1.19 bits per heavy atom. The number of halogens is 3. The summed E-state index contributed by atoms with van der Waals surface area (Å²) in [5.74, 6) is -1.44.